The van der Waals surface area contributed by atoms with Crippen molar-refractivity contribution in [2.45, 2.75) is 0 Å². The number of amides is 1. The van der Waals surface area contributed by atoms with E-state index in [4.69, 9.17) is 11.6 Å². The number of fused-ring (bicyclic) bond motifs is 1. The van der Waals surface area contributed by atoms with Crippen LogP contribution in [-0.2, 0) is 4.79 Å². The molecule has 0 aliphatic carbocycles. The number of hydrogen-bond acceptors (Lipinski definition) is 3. The van der Waals surface area contributed by atoms with E-state index >= 15 is 0 Å². The van der Waals surface area contributed by atoms with E-state index in [1.54, 1.807) is 24.3 Å². The van der Waals surface area contributed by atoms with E-state index in [1.165, 1.54) is 6.20 Å². The fourth-order valence-corrected chi connectivity index (χ4v) is 2.60. The van der Waals surface area contributed by atoms with Crippen molar-refractivity contribution in [2.75, 3.05) is 10.6 Å². The molecule has 5 heteroatoms. The molecule has 0 saturated carbocycles. The molecule has 3 aromatic rings. The number of carbonyl (C=O) groups is 1. The molecule has 2 N–H and O–H groups in total. The molecule has 0 aliphatic rings. The van der Waals surface area contributed by atoms with Gasteiger partial charge in [0.2, 0.25) is 0 Å². The van der Waals surface area contributed by atoms with E-state index in [0.717, 1.165) is 16.5 Å². The monoisotopic (exact) mass is 347 g/mol. The molecule has 0 unspecified atom stereocenters. The zero-order valence-corrected chi connectivity index (χ0v) is 13.9. The topological polar surface area (TPSA) is 64.9 Å². The molecule has 0 saturated heterocycles. The van der Waals surface area contributed by atoms with Gasteiger partial charge in [-0.1, -0.05) is 54.1 Å². The molecule has 0 spiro atoms. The van der Waals surface area contributed by atoms with E-state index in [-0.39, 0.29) is 5.57 Å². The Morgan fingerprint density at radius 2 is 1.80 bits per heavy atom. The van der Waals surface area contributed by atoms with Gasteiger partial charge in [-0.3, -0.25) is 4.79 Å². The minimum atomic E-state index is -0.502. The average molecular weight is 348 g/mol. The molecule has 0 heterocycles. The molecule has 4 nitrogen and oxygen atoms in total. The summed E-state index contributed by atoms with van der Waals surface area (Å²) in [5, 5.41) is 17.6. The first-order valence-electron chi connectivity index (χ1n) is 7.59. The van der Waals surface area contributed by atoms with Gasteiger partial charge in [0.1, 0.15) is 11.6 Å². The van der Waals surface area contributed by atoms with E-state index in [0.29, 0.717) is 10.7 Å². The smallest absolute Gasteiger partial charge is 0.267 e. The van der Waals surface area contributed by atoms with E-state index in [9.17, 15) is 10.1 Å². The highest BCUT2D eigenvalue weighted by molar-refractivity contribution is 6.31. The fraction of sp³-hybridized carbons (Fsp3) is 0. The predicted octanol–water partition coefficient (Wildman–Crippen LogP) is 4.95. The fourth-order valence-electron chi connectivity index (χ4n) is 2.41. The van der Waals surface area contributed by atoms with Crippen molar-refractivity contribution in [1.29, 1.82) is 5.26 Å². The maximum Gasteiger partial charge on any atom is 0.267 e. The lowest BCUT2D eigenvalue weighted by atomic mass is 10.1. The van der Waals surface area contributed by atoms with Gasteiger partial charge in [0.05, 0.1) is 0 Å². The van der Waals surface area contributed by atoms with Gasteiger partial charge in [-0.2, -0.15) is 5.26 Å². The third-order valence-corrected chi connectivity index (χ3v) is 3.84. The summed E-state index contributed by atoms with van der Waals surface area (Å²) in [6, 6.07) is 22.3. The molecule has 3 aromatic carbocycles. The average Bonchev–Trinajstić information content (AvgIpc) is 2.62. The lowest BCUT2D eigenvalue weighted by molar-refractivity contribution is -0.112. The summed E-state index contributed by atoms with van der Waals surface area (Å²) in [7, 11) is 0. The second-order valence-electron chi connectivity index (χ2n) is 5.31. The van der Waals surface area contributed by atoms with Crippen LogP contribution >= 0.6 is 11.6 Å². The largest absolute Gasteiger partial charge is 0.360 e. The van der Waals surface area contributed by atoms with Crippen LogP contribution in [0.4, 0.5) is 11.4 Å². The summed E-state index contributed by atoms with van der Waals surface area (Å²) in [6.45, 7) is 0. The molecule has 122 valence electrons. The van der Waals surface area contributed by atoms with Gasteiger partial charge < -0.3 is 10.6 Å². The second kappa shape index (κ2) is 7.52. The number of nitrogens with one attached hydrogen (secondary N) is 2. The number of nitriles is 1. The normalized spacial score (nSPS) is 11.0. The third kappa shape index (κ3) is 3.97. The van der Waals surface area contributed by atoms with E-state index < -0.39 is 5.91 Å². The summed E-state index contributed by atoms with van der Waals surface area (Å²) in [5.41, 5.74) is 1.32. The van der Waals surface area contributed by atoms with Gasteiger partial charge in [-0.15, -0.1) is 0 Å². The maximum atomic E-state index is 12.3. The Labute approximate surface area is 150 Å². The Morgan fingerprint density at radius 3 is 2.60 bits per heavy atom. The molecule has 3 rings (SSSR count). The third-order valence-electron chi connectivity index (χ3n) is 3.61. The Kier molecular flexibility index (Phi) is 4.98. The summed E-state index contributed by atoms with van der Waals surface area (Å²) < 4.78 is 0. The summed E-state index contributed by atoms with van der Waals surface area (Å²) in [4.78, 5) is 12.3. The molecule has 0 radical (unpaired) electrons. The molecule has 0 aliphatic heterocycles. The van der Waals surface area contributed by atoms with Gasteiger partial charge in [0.15, 0.2) is 0 Å². The molecular formula is C20H14ClN3O. The second-order valence-corrected chi connectivity index (χ2v) is 5.74. The Bertz CT molecular complexity index is 1000. The Balaban J connectivity index is 1.80. The molecule has 0 aromatic heterocycles. The molecule has 0 bridgehead atoms. The van der Waals surface area contributed by atoms with Crippen LogP contribution in [0.1, 0.15) is 0 Å². The number of benzene rings is 3. The van der Waals surface area contributed by atoms with Crippen LogP contribution in [0.2, 0.25) is 5.02 Å². The van der Waals surface area contributed by atoms with Crippen LogP contribution in [0.15, 0.2) is 78.5 Å². The lowest BCUT2D eigenvalue weighted by Crippen LogP contribution is -2.14. The van der Waals surface area contributed by atoms with Crippen molar-refractivity contribution in [1.82, 2.24) is 0 Å². The number of rotatable bonds is 4. The van der Waals surface area contributed by atoms with Crippen molar-refractivity contribution in [3.05, 3.63) is 83.5 Å². The highest BCUT2D eigenvalue weighted by atomic mass is 35.5. The molecular weight excluding hydrogens is 334 g/mol. The summed E-state index contributed by atoms with van der Waals surface area (Å²) in [5.74, 6) is -0.502. The van der Waals surface area contributed by atoms with Crippen LogP contribution in [0.3, 0.4) is 0 Å². The van der Waals surface area contributed by atoms with Crippen molar-refractivity contribution in [2.24, 2.45) is 0 Å². The Morgan fingerprint density at radius 1 is 1.04 bits per heavy atom. The molecule has 0 atom stereocenters. The van der Waals surface area contributed by atoms with Gasteiger partial charge in [-0.25, -0.2) is 0 Å². The minimum absolute atomic E-state index is 0.0343. The highest BCUT2D eigenvalue weighted by Crippen LogP contribution is 2.23. The highest BCUT2D eigenvalue weighted by Gasteiger charge is 2.10. The maximum absolute atomic E-state index is 12.3. The molecule has 25 heavy (non-hydrogen) atoms. The van der Waals surface area contributed by atoms with Crippen molar-refractivity contribution < 1.29 is 4.79 Å². The minimum Gasteiger partial charge on any atom is -0.360 e. The van der Waals surface area contributed by atoms with Crippen molar-refractivity contribution in [3.8, 4) is 6.07 Å². The molecule has 1 amide bonds. The zero-order chi connectivity index (χ0) is 17.6. The standard InChI is InChI=1S/C20H14ClN3O/c21-16-7-4-8-17(11-16)24-20(25)15(12-22)13-23-19-10-3-6-14-5-1-2-9-18(14)19/h1-11,13,23H,(H,24,25)/b15-13-. The van der Waals surface area contributed by atoms with Crippen LogP contribution in [0.25, 0.3) is 10.8 Å². The van der Waals surface area contributed by atoms with E-state index in [1.807, 2.05) is 48.5 Å². The van der Waals surface area contributed by atoms with Gasteiger partial charge in [0.25, 0.3) is 5.91 Å². The quantitative estimate of drug-likeness (QED) is 0.518. The lowest BCUT2D eigenvalue weighted by Gasteiger charge is -2.08. The van der Waals surface area contributed by atoms with Crippen molar-refractivity contribution >= 4 is 39.7 Å². The number of nitrogens with zero attached hydrogens (tertiary/aromatic N) is 1. The van der Waals surface area contributed by atoms with Gasteiger partial charge in [-0.05, 0) is 29.7 Å². The number of carbonyl (C=O) groups excluding carboxylic acids is 1. The SMILES string of the molecule is N#C/C(=C/Nc1cccc2ccccc12)C(=O)Nc1cccc(Cl)c1. The predicted molar refractivity (Wildman–Crippen MR) is 101 cm³/mol. The van der Waals surface area contributed by atoms with Crippen LogP contribution in [-0.4, -0.2) is 5.91 Å². The van der Waals surface area contributed by atoms with Gasteiger partial charge in [0, 0.05) is 28.0 Å². The molecule has 0 fully saturated rings. The Hall–Kier alpha value is -3.29. The van der Waals surface area contributed by atoms with E-state index in [2.05, 4.69) is 10.6 Å². The van der Waals surface area contributed by atoms with Gasteiger partial charge >= 0.3 is 0 Å². The first kappa shape index (κ1) is 16.6. The van der Waals surface area contributed by atoms with Crippen LogP contribution < -0.4 is 10.6 Å². The van der Waals surface area contributed by atoms with Crippen molar-refractivity contribution in [3.63, 3.8) is 0 Å². The first-order valence-corrected chi connectivity index (χ1v) is 7.96. The van der Waals surface area contributed by atoms with Crippen LogP contribution in [0.5, 0.6) is 0 Å². The number of anilines is 2. The zero-order valence-electron chi connectivity index (χ0n) is 13.2. The summed E-state index contributed by atoms with van der Waals surface area (Å²) in [6.07, 6.45) is 1.40. The number of halogens is 1. The first-order chi connectivity index (χ1) is 12.2. The number of hydrogen-bond donors (Lipinski definition) is 2. The summed E-state index contributed by atoms with van der Waals surface area (Å²) >= 11 is 5.90. The van der Waals surface area contributed by atoms with Crippen LogP contribution in [0, 0.1) is 11.3 Å².